The number of hydrogen-bond donors (Lipinski definition) is 2. The monoisotopic (exact) mass is 408 g/mol. The van der Waals surface area contributed by atoms with E-state index in [4.69, 9.17) is 5.73 Å². The predicted molar refractivity (Wildman–Crippen MR) is 105 cm³/mol. The molecule has 140 valence electrons. The molecule has 1 atom stereocenters. The van der Waals surface area contributed by atoms with Gasteiger partial charge in [0, 0.05) is 18.3 Å². The Labute approximate surface area is 163 Å². The maximum absolute atomic E-state index is 13.1. The maximum Gasteiger partial charge on any atom is 0.270 e. The first-order valence-corrected chi connectivity index (χ1v) is 8.23. The van der Waals surface area contributed by atoms with E-state index >= 15 is 0 Å². The Morgan fingerprint density at radius 1 is 1.32 bits per heavy atom. The Morgan fingerprint density at radius 3 is 2.52 bits per heavy atom. The van der Waals surface area contributed by atoms with Gasteiger partial charge in [0.15, 0.2) is 0 Å². The van der Waals surface area contributed by atoms with Crippen molar-refractivity contribution in [2.75, 3.05) is 27.2 Å². The zero-order valence-electron chi connectivity index (χ0n) is 14.1. The average Bonchev–Trinajstić information content (AvgIpc) is 2.98. The van der Waals surface area contributed by atoms with Crippen molar-refractivity contribution >= 4 is 42.1 Å². The smallest absolute Gasteiger partial charge is 0.270 e. The number of amides is 1. The van der Waals surface area contributed by atoms with Gasteiger partial charge >= 0.3 is 0 Å². The number of nitrogens with one attached hydrogen (secondary N) is 1. The van der Waals surface area contributed by atoms with Crippen LogP contribution in [-0.4, -0.2) is 43.0 Å². The van der Waals surface area contributed by atoms with Gasteiger partial charge in [-0.05, 0) is 38.3 Å². The Bertz CT molecular complexity index is 652. The van der Waals surface area contributed by atoms with Gasteiger partial charge in [0.25, 0.3) is 5.91 Å². The van der Waals surface area contributed by atoms with Crippen LogP contribution in [0.5, 0.6) is 0 Å². The van der Waals surface area contributed by atoms with Crippen molar-refractivity contribution < 1.29 is 9.18 Å². The van der Waals surface area contributed by atoms with Crippen molar-refractivity contribution in [1.29, 1.82) is 0 Å². The Hall–Kier alpha value is -1.25. The van der Waals surface area contributed by atoms with Gasteiger partial charge in [-0.15, -0.1) is 36.2 Å². The van der Waals surface area contributed by atoms with Crippen LogP contribution in [0.4, 0.5) is 4.39 Å². The molecule has 0 aliphatic carbocycles. The van der Waals surface area contributed by atoms with Crippen LogP contribution in [0.25, 0.3) is 0 Å². The molecule has 0 fully saturated rings. The third kappa shape index (κ3) is 6.87. The minimum atomic E-state index is -0.273. The molecule has 0 bridgehead atoms. The lowest BCUT2D eigenvalue weighted by Crippen LogP contribution is -2.34. The molecular weight excluding hydrogens is 386 g/mol. The molecule has 0 spiro atoms. The molecule has 1 aromatic carbocycles. The zero-order valence-corrected chi connectivity index (χ0v) is 16.5. The second-order valence-corrected chi connectivity index (χ2v) is 6.35. The fraction of sp³-hybridized carbons (Fsp3) is 0.375. The summed E-state index contributed by atoms with van der Waals surface area (Å²) in [4.78, 5) is 18.4. The summed E-state index contributed by atoms with van der Waals surface area (Å²) < 4.78 is 13.1. The number of thiazole rings is 1. The predicted octanol–water partition coefficient (Wildman–Crippen LogP) is 2.66. The lowest BCUT2D eigenvalue weighted by atomic mass is 10.1. The quantitative estimate of drug-likeness (QED) is 0.738. The SMILES string of the molecule is CN(C)C(CNC(=O)c1csc(CCN)n1)c1ccc(F)cc1.Cl.Cl. The second-order valence-electron chi connectivity index (χ2n) is 5.41. The van der Waals surface area contributed by atoms with Crippen LogP contribution >= 0.6 is 36.2 Å². The van der Waals surface area contributed by atoms with E-state index in [9.17, 15) is 9.18 Å². The summed E-state index contributed by atoms with van der Waals surface area (Å²) in [7, 11) is 3.84. The standard InChI is InChI=1S/C16H21FN4OS.2ClH/c1-21(2)14(11-3-5-12(17)6-4-11)9-19-16(22)13-10-23-15(20-13)7-8-18;;/h3-6,10,14H,7-9,18H2,1-2H3,(H,19,22);2*1H. The molecule has 0 aliphatic rings. The second kappa shape index (κ2) is 11.4. The molecule has 0 radical (unpaired) electrons. The van der Waals surface area contributed by atoms with Crippen LogP contribution in [0.15, 0.2) is 29.6 Å². The lowest BCUT2D eigenvalue weighted by molar-refractivity contribution is 0.0937. The van der Waals surface area contributed by atoms with Crippen molar-refractivity contribution in [3.8, 4) is 0 Å². The van der Waals surface area contributed by atoms with Crippen molar-refractivity contribution in [3.63, 3.8) is 0 Å². The van der Waals surface area contributed by atoms with Crippen LogP contribution in [0, 0.1) is 5.82 Å². The third-order valence-corrected chi connectivity index (χ3v) is 4.39. The molecule has 0 saturated heterocycles. The van der Waals surface area contributed by atoms with Crippen molar-refractivity contribution in [1.82, 2.24) is 15.2 Å². The average molecular weight is 409 g/mol. The van der Waals surface area contributed by atoms with Gasteiger partial charge in [0.2, 0.25) is 0 Å². The van der Waals surface area contributed by atoms with Crippen molar-refractivity contribution in [3.05, 3.63) is 51.7 Å². The summed E-state index contributed by atoms with van der Waals surface area (Å²) in [6.07, 6.45) is 0.674. The molecular formula is C16H23Cl2FN4OS. The molecule has 1 heterocycles. The third-order valence-electron chi connectivity index (χ3n) is 3.48. The Balaban J connectivity index is 0.00000288. The van der Waals surface area contributed by atoms with Gasteiger partial charge < -0.3 is 16.0 Å². The van der Waals surface area contributed by atoms with Gasteiger partial charge in [-0.3, -0.25) is 4.79 Å². The van der Waals surface area contributed by atoms with Crippen LogP contribution in [-0.2, 0) is 6.42 Å². The number of benzene rings is 1. The fourth-order valence-electron chi connectivity index (χ4n) is 2.22. The first kappa shape index (κ1) is 23.8. The molecule has 2 aromatic rings. The summed E-state index contributed by atoms with van der Waals surface area (Å²) in [5.41, 5.74) is 6.84. The number of rotatable bonds is 7. The molecule has 0 aliphatic heterocycles. The lowest BCUT2D eigenvalue weighted by Gasteiger charge is -2.25. The van der Waals surface area contributed by atoms with Gasteiger partial charge in [0.1, 0.15) is 11.5 Å². The van der Waals surface area contributed by atoms with E-state index in [1.165, 1.54) is 23.5 Å². The molecule has 5 nitrogen and oxygen atoms in total. The normalized spacial score (nSPS) is 11.4. The van der Waals surface area contributed by atoms with E-state index in [0.717, 1.165) is 10.6 Å². The van der Waals surface area contributed by atoms with Crippen molar-refractivity contribution in [2.24, 2.45) is 5.73 Å². The van der Waals surface area contributed by atoms with E-state index in [1.54, 1.807) is 17.5 Å². The Morgan fingerprint density at radius 2 is 1.96 bits per heavy atom. The summed E-state index contributed by atoms with van der Waals surface area (Å²) in [6.45, 7) is 0.934. The van der Waals surface area contributed by atoms with E-state index in [2.05, 4.69) is 10.3 Å². The summed E-state index contributed by atoms with van der Waals surface area (Å²) in [6, 6.07) is 6.27. The summed E-state index contributed by atoms with van der Waals surface area (Å²) >= 11 is 1.44. The summed E-state index contributed by atoms with van der Waals surface area (Å²) in [5.74, 6) is -0.483. The maximum atomic E-state index is 13.1. The highest BCUT2D eigenvalue weighted by atomic mass is 35.5. The van der Waals surface area contributed by atoms with E-state index < -0.39 is 0 Å². The Kier molecular flexibility index (Phi) is 10.8. The number of aromatic nitrogens is 1. The van der Waals surface area contributed by atoms with E-state index in [1.807, 2.05) is 19.0 Å². The zero-order chi connectivity index (χ0) is 16.8. The minimum Gasteiger partial charge on any atom is -0.349 e. The van der Waals surface area contributed by atoms with Gasteiger partial charge in [-0.25, -0.2) is 9.37 Å². The molecule has 0 saturated carbocycles. The van der Waals surface area contributed by atoms with Crippen LogP contribution in [0.1, 0.15) is 27.1 Å². The topological polar surface area (TPSA) is 71.2 Å². The number of nitrogens with two attached hydrogens (primary N) is 1. The van der Waals surface area contributed by atoms with Gasteiger partial charge in [-0.2, -0.15) is 0 Å². The first-order valence-electron chi connectivity index (χ1n) is 7.36. The number of hydrogen-bond acceptors (Lipinski definition) is 5. The highest BCUT2D eigenvalue weighted by Crippen LogP contribution is 2.18. The number of carbonyl (C=O) groups excluding carboxylic acids is 1. The van der Waals surface area contributed by atoms with Crippen LogP contribution in [0.3, 0.4) is 0 Å². The van der Waals surface area contributed by atoms with E-state index in [0.29, 0.717) is 25.2 Å². The highest BCUT2D eigenvalue weighted by Gasteiger charge is 2.17. The molecule has 1 aromatic heterocycles. The van der Waals surface area contributed by atoms with E-state index in [-0.39, 0.29) is 42.6 Å². The minimum absolute atomic E-state index is 0. The number of halogens is 3. The number of carbonyl (C=O) groups is 1. The first-order chi connectivity index (χ1) is 11.0. The number of likely N-dealkylation sites (N-methyl/N-ethyl adjacent to an activating group) is 1. The molecule has 1 amide bonds. The molecule has 25 heavy (non-hydrogen) atoms. The largest absolute Gasteiger partial charge is 0.349 e. The van der Waals surface area contributed by atoms with Gasteiger partial charge in [-0.1, -0.05) is 12.1 Å². The molecule has 3 N–H and O–H groups in total. The highest BCUT2D eigenvalue weighted by molar-refractivity contribution is 7.09. The summed E-state index contributed by atoms with van der Waals surface area (Å²) in [5, 5.41) is 5.49. The molecule has 2 rings (SSSR count). The van der Waals surface area contributed by atoms with Crippen LogP contribution < -0.4 is 11.1 Å². The van der Waals surface area contributed by atoms with Crippen LogP contribution in [0.2, 0.25) is 0 Å². The molecule has 1 unspecified atom stereocenters. The number of nitrogens with zero attached hydrogens (tertiary/aromatic N) is 2. The van der Waals surface area contributed by atoms with Crippen molar-refractivity contribution in [2.45, 2.75) is 12.5 Å². The fourth-order valence-corrected chi connectivity index (χ4v) is 3.01. The van der Waals surface area contributed by atoms with Gasteiger partial charge in [0.05, 0.1) is 11.0 Å². The molecule has 9 heteroatoms.